The molecule has 120 valence electrons. The van der Waals surface area contributed by atoms with Gasteiger partial charge in [-0.05, 0) is 19.1 Å². The van der Waals surface area contributed by atoms with E-state index in [1.165, 1.54) is 11.3 Å². The van der Waals surface area contributed by atoms with E-state index in [1.807, 2.05) is 12.1 Å². The van der Waals surface area contributed by atoms with Crippen LogP contribution in [0.25, 0.3) is 0 Å². The zero-order chi connectivity index (χ0) is 16.4. The first-order chi connectivity index (χ1) is 11.0. The van der Waals surface area contributed by atoms with Crippen LogP contribution in [-0.4, -0.2) is 29.0 Å². The highest BCUT2D eigenvalue weighted by Gasteiger charge is 2.34. The van der Waals surface area contributed by atoms with Crippen LogP contribution in [-0.2, 0) is 16.0 Å². The summed E-state index contributed by atoms with van der Waals surface area (Å²) in [5.74, 6) is 0.316. The van der Waals surface area contributed by atoms with Gasteiger partial charge in [-0.1, -0.05) is 12.1 Å². The van der Waals surface area contributed by atoms with E-state index in [2.05, 4.69) is 10.3 Å². The van der Waals surface area contributed by atoms with E-state index in [0.717, 1.165) is 0 Å². The van der Waals surface area contributed by atoms with Crippen LogP contribution in [0.1, 0.15) is 12.6 Å². The van der Waals surface area contributed by atoms with Gasteiger partial charge in [-0.3, -0.25) is 14.9 Å². The standard InChI is InChI=1S/C15H15N3O4S/c1-8-13(22-11-5-3-2-4-10(11)21-8)14(20)18-15-17-9(7-23-15)6-12(16)19/h2-5,7-8,13H,6H2,1H3,(H2,16,19)(H,17,18,20)/t8-,13+/m1/s1. The van der Waals surface area contributed by atoms with Gasteiger partial charge >= 0.3 is 0 Å². The average Bonchev–Trinajstić information content (AvgIpc) is 2.92. The summed E-state index contributed by atoms with van der Waals surface area (Å²) in [5.41, 5.74) is 5.64. The SMILES string of the molecule is C[C@H]1Oc2ccccc2O[C@@H]1C(=O)Nc1nc(CC(N)=O)cs1. The van der Waals surface area contributed by atoms with Gasteiger partial charge in [0.25, 0.3) is 5.91 Å². The number of ether oxygens (including phenoxy) is 2. The molecule has 0 fully saturated rings. The van der Waals surface area contributed by atoms with Crippen molar-refractivity contribution < 1.29 is 19.1 Å². The highest BCUT2D eigenvalue weighted by molar-refractivity contribution is 7.13. The van der Waals surface area contributed by atoms with Crippen LogP contribution in [0, 0.1) is 0 Å². The van der Waals surface area contributed by atoms with Crippen LogP contribution in [0.4, 0.5) is 5.13 Å². The Balaban J connectivity index is 1.69. The Labute approximate surface area is 136 Å². The Morgan fingerprint density at radius 1 is 1.30 bits per heavy atom. The number of nitrogens with one attached hydrogen (secondary N) is 1. The zero-order valence-electron chi connectivity index (χ0n) is 12.3. The molecule has 2 heterocycles. The molecule has 0 radical (unpaired) electrons. The maximum Gasteiger partial charge on any atom is 0.271 e. The van der Waals surface area contributed by atoms with Crippen molar-refractivity contribution in [2.24, 2.45) is 5.73 Å². The largest absolute Gasteiger partial charge is 0.482 e. The first-order valence-electron chi connectivity index (χ1n) is 6.99. The third kappa shape index (κ3) is 3.42. The van der Waals surface area contributed by atoms with Crippen molar-refractivity contribution in [3.63, 3.8) is 0 Å². The van der Waals surface area contributed by atoms with Gasteiger partial charge in [0.1, 0.15) is 6.10 Å². The molecule has 2 aromatic rings. The van der Waals surface area contributed by atoms with Crippen LogP contribution in [0.5, 0.6) is 11.5 Å². The van der Waals surface area contributed by atoms with E-state index in [0.29, 0.717) is 22.3 Å². The number of hydrogen-bond donors (Lipinski definition) is 2. The number of carbonyl (C=O) groups is 2. The molecular formula is C15H15N3O4S. The van der Waals surface area contributed by atoms with Crippen molar-refractivity contribution in [2.45, 2.75) is 25.6 Å². The van der Waals surface area contributed by atoms with Gasteiger partial charge in [-0.25, -0.2) is 4.98 Å². The molecule has 2 atom stereocenters. The van der Waals surface area contributed by atoms with Gasteiger partial charge in [0.15, 0.2) is 16.6 Å². The third-order valence-electron chi connectivity index (χ3n) is 3.24. The lowest BCUT2D eigenvalue weighted by Gasteiger charge is -2.30. The van der Waals surface area contributed by atoms with Gasteiger partial charge < -0.3 is 15.2 Å². The summed E-state index contributed by atoms with van der Waals surface area (Å²) in [6, 6.07) is 7.18. The fourth-order valence-corrected chi connectivity index (χ4v) is 2.92. The molecule has 3 rings (SSSR count). The van der Waals surface area contributed by atoms with E-state index in [1.54, 1.807) is 24.4 Å². The summed E-state index contributed by atoms with van der Waals surface area (Å²) >= 11 is 1.22. The maximum atomic E-state index is 12.4. The van der Waals surface area contributed by atoms with Gasteiger partial charge in [0.2, 0.25) is 12.0 Å². The predicted octanol–water partition coefficient (Wildman–Crippen LogP) is 1.34. The zero-order valence-corrected chi connectivity index (χ0v) is 13.1. The minimum atomic E-state index is -0.784. The van der Waals surface area contributed by atoms with Crippen LogP contribution in [0.3, 0.4) is 0 Å². The Bertz CT molecular complexity index is 746. The molecule has 0 unspecified atom stereocenters. The summed E-state index contributed by atoms with van der Waals surface area (Å²) in [6.07, 6.45) is -1.18. The first-order valence-corrected chi connectivity index (χ1v) is 7.87. The molecule has 0 bridgehead atoms. The second-order valence-corrected chi connectivity index (χ2v) is 5.94. The molecule has 1 aromatic heterocycles. The Hall–Kier alpha value is -2.61. The van der Waals surface area contributed by atoms with Crippen molar-refractivity contribution in [2.75, 3.05) is 5.32 Å². The quantitative estimate of drug-likeness (QED) is 0.879. The van der Waals surface area contributed by atoms with Crippen LogP contribution >= 0.6 is 11.3 Å². The Kier molecular flexibility index (Phi) is 4.16. The lowest BCUT2D eigenvalue weighted by Crippen LogP contribution is -2.46. The summed E-state index contributed by atoms with van der Waals surface area (Å²) in [6.45, 7) is 1.76. The number of aromatic nitrogens is 1. The van der Waals surface area contributed by atoms with Crippen molar-refractivity contribution in [3.05, 3.63) is 35.3 Å². The molecular weight excluding hydrogens is 318 g/mol. The fourth-order valence-electron chi connectivity index (χ4n) is 2.21. The normalized spacial score (nSPS) is 19.2. The minimum absolute atomic E-state index is 0.0409. The first kappa shape index (κ1) is 15.3. The molecule has 23 heavy (non-hydrogen) atoms. The smallest absolute Gasteiger partial charge is 0.271 e. The monoisotopic (exact) mass is 333 g/mol. The highest BCUT2D eigenvalue weighted by Crippen LogP contribution is 2.33. The number of hydrogen-bond acceptors (Lipinski definition) is 6. The fraction of sp³-hybridized carbons (Fsp3) is 0.267. The Morgan fingerprint density at radius 2 is 2.00 bits per heavy atom. The van der Waals surface area contributed by atoms with Gasteiger partial charge in [-0.15, -0.1) is 11.3 Å². The summed E-state index contributed by atoms with van der Waals surface area (Å²) < 4.78 is 11.4. The van der Waals surface area contributed by atoms with Gasteiger partial charge in [0, 0.05) is 5.38 Å². The highest BCUT2D eigenvalue weighted by atomic mass is 32.1. The van der Waals surface area contributed by atoms with E-state index in [4.69, 9.17) is 15.2 Å². The van der Waals surface area contributed by atoms with Crippen molar-refractivity contribution in [3.8, 4) is 11.5 Å². The Morgan fingerprint density at radius 3 is 2.70 bits per heavy atom. The number of para-hydroxylation sites is 2. The van der Waals surface area contributed by atoms with E-state index >= 15 is 0 Å². The van der Waals surface area contributed by atoms with E-state index < -0.39 is 18.1 Å². The second-order valence-electron chi connectivity index (χ2n) is 5.08. The minimum Gasteiger partial charge on any atom is -0.482 e. The van der Waals surface area contributed by atoms with E-state index in [-0.39, 0.29) is 12.3 Å². The summed E-state index contributed by atoms with van der Waals surface area (Å²) in [7, 11) is 0. The second kappa shape index (κ2) is 6.25. The number of carbonyl (C=O) groups excluding carboxylic acids is 2. The molecule has 0 aliphatic carbocycles. The number of anilines is 1. The van der Waals surface area contributed by atoms with Gasteiger partial charge in [0.05, 0.1) is 12.1 Å². The number of thiazole rings is 1. The molecule has 7 nitrogen and oxygen atoms in total. The number of nitrogens with two attached hydrogens (primary N) is 1. The summed E-state index contributed by atoms with van der Waals surface area (Å²) in [4.78, 5) is 27.4. The van der Waals surface area contributed by atoms with Crippen molar-refractivity contribution >= 4 is 28.3 Å². The molecule has 1 aromatic carbocycles. The lowest BCUT2D eigenvalue weighted by atomic mass is 10.1. The topological polar surface area (TPSA) is 104 Å². The van der Waals surface area contributed by atoms with Crippen LogP contribution in [0.2, 0.25) is 0 Å². The molecule has 1 aliphatic rings. The van der Waals surface area contributed by atoms with E-state index in [9.17, 15) is 9.59 Å². The molecule has 0 spiro atoms. The molecule has 2 amide bonds. The molecule has 0 saturated heterocycles. The molecule has 0 saturated carbocycles. The number of benzene rings is 1. The number of nitrogens with zero attached hydrogens (tertiary/aromatic N) is 1. The number of amides is 2. The third-order valence-corrected chi connectivity index (χ3v) is 4.04. The van der Waals surface area contributed by atoms with Crippen molar-refractivity contribution in [1.29, 1.82) is 0 Å². The number of rotatable bonds is 4. The average molecular weight is 333 g/mol. The van der Waals surface area contributed by atoms with Gasteiger partial charge in [-0.2, -0.15) is 0 Å². The molecule has 8 heteroatoms. The summed E-state index contributed by atoms with van der Waals surface area (Å²) in [5, 5.41) is 4.75. The number of fused-ring (bicyclic) bond motifs is 1. The van der Waals surface area contributed by atoms with Crippen molar-refractivity contribution in [1.82, 2.24) is 4.98 Å². The predicted molar refractivity (Wildman–Crippen MR) is 84.6 cm³/mol. The lowest BCUT2D eigenvalue weighted by molar-refractivity contribution is -0.128. The molecule has 1 aliphatic heterocycles. The molecule has 3 N–H and O–H groups in total. The van der Waals surface area contributed by atoms with Crippen LogP contribution in [0.15, 0.2) is 29.6 Å². The number of primary amides is 1. The van der Waals surface area contributed by atoms with Crippen LogP contribution < -0.4 is 20.5 Å². The maximum absolute atomic E-state index is 12.4.